The number of hydrogen-bond donors (Lipinski definition) is 1. The summed E-state index contributed by atoms with van der Waals surface area (Å²) in [5.74, 6) is -0.821. The lowest BCUT2D eigenvalue weighted by atomic mass is 10.0. The SMILES string of the molecule is O=C(O)CCc1ccc2c(c1)c(CCc1ccccc1)cn2-c1cccc([N+](=O)[O-])c1. The Labute approximate surface area is 179 Å². The smallest absolute Gasteiger partial charge is 0.303 e. The molecule has 0 atom stereocenters. The summed E-state index contributed by atoms with van der Waals surface area (Å²) >= 11 is 0. The van der Waals surface area contributed by atoms with Crippen molar-refractivity contribution < 1.29 is 14.8 Å². The highest BCUT2D eigenvalue weighted by Crippen LogP contribution is 2.29. The summed E-state index contributed by atoms with van der Waals surface area (Å²) in [6.45, 7) is 0. The van der Waals surface area contributed by atoms with Crippen LogP contribution in [0.1, 0.15) is 23.1 Å². The van der Waals surface area contributed by atoms with Crippen LogP contribution in [0.3, 0.4) is 0 Å². The Bertz CT molecular complexity index is 1250. The van der Waals surface area contributed by atoms with E-state index in [9.17, 15) is 14.9 Å². The Hall–Kier alpha value is -3.93. The number of fused-ring (bicyclic) bond motifs is 1. The van der Waals surface area contributed by atoms with Crippen molar-refractivity contribution >= 4 is 22.6 Å². The number of aryl methyl sites for hydroxylation is 3. The third-order valence-corrected chi connectivity index (χ3v) is 5.42. The lowest BCUT2D eigenvalue weighted by Crippen LogP contribution is -1.97. The first-order valence-electron chi connectivity index (χ1n) is 10.1. The summed E-state index contributed by atoms with van der Waals surface area (Å²) in [5.41, 5.74) is 5.05. The Balaban J connectivity index is 1.76. The average molecular weight is 414 g/mol. The van der Waals surface area contributed by atoms with Crippen LogP contribution in [0, 0.1) is 10.1 Å². The molecule has 0 fully saturated rings. The maximum Gasteiger partial charge on any atom is 0.303 e. The summed E-state index contributed by atoms with van der Waals surface area (Å²) in [5, 5.41) is 21.3. The number of carbonyl (C=O) groups is 1. The van der Waals surface area contributed by atoms with Gasteiger partial charge in [0.2, 0.25) is 0 Å². The number of non-ortho nitro benzene ring substituents is 1. The molecular formula is C25H22N2O4. The van der Waals surface area contributed by atoms with Gasteiger partial charge in [-0.25, -0.2) is 0 Å². The molecule has 0 aliphatic heterocycles. The van der Waals surface area contributed by atoms with Crippen LogP contribution in [-0.4, -0.2) is 20.6 Å². The molecule has 6 heteroatoms. The van der Waals surface area contributed by atoms with E-state index < -0.39 is 10.9 Å². The summed E-state index contributed by atoms with van der Waals surface area (Å²) in [4.78, 5) is 21.8. The molecule has 0 amide bonds. The zero-order valence-electron chi connectivity index (χ0n) is 16.9. The van der Waals surface area contributed by atoms with Gasteiger partial charge in [0.15, 0.2) is 0 Å². The third kappa shape index (κ3) is 4.64. The Morgan fingerprint density at radius 1 is 0.903 bits per heavy atom. The van der Waals surface area contributed by atoms with Gasteiger partial charge in [-0.15, -0.1) is 0 Å². The minimum absolute atomic E-state index is 0.0447. The van der Waals surface area contributed by atoms with E-state index in [0.717, 1.165) is 40.6 Å². The van der Waals surface area contributed by atoms with E-state index in [4.69, 9.17) is 5.11 Å². The third-order valence-electron chi connectivity index (χ3n) is 5.42. The van der Waals surface area contributed by atoms with Gasteiger partial charge in [-0.2, -0.15) is 0 Å². The number of hydrogen-bond acceptors (Lipinski definition) is 3. The Morgan fingerprint density at radius 3 is 2.45 bits per heavy atom. The first kappa shape index (κ1) is 20.3. The van der Waals surface area contributed by atoms with Crippen molar-refractivity contribution in [2.24, 2.45) is 0 Å². The molecular weight excluding hydrogens is 392 g/mol. The van der Waals surface area contributed by atoms with Gasteiger partial charge >= 0.3 is 5.97 Å². The highest BCUT2D eigenvalue weighted by Gasteiger charge is 2.14. The highest BCUT2D eigenvalue weighted by molar-refractivity contribution is 5.86. The zero-order valence-corrected chi connectivity index (χ0v) is 16.9. The quantitative estimate of drug-likeness (QED) is 0.311. The predicted molar refractivity (Wildman–Crippen MR) is 120 cm³/mol. The van der Waals surface area contributed by atoms with Crippen molar-refractivity contribution in [1.29, 1.82) is 0 Å². The van der Waals surface area contributed by atoms with Gasteiger partial charge in [-0.05, 0) is 54.2 Å². The minimum atomic E-state index is -0.821. The first-order valence-corrected chi connectivity index (χ1v) is 10.1. The van der Waals surface area contributed by atoms with Crippen molar-refractivity contribution in [1.82, 2.24) is 4.57 Å². The van der Waals surface area contributed by atoms with Crippen molar-refractivity contribution in [3.05, 3.63) is 106 Å². The van der Waals surface area contributed by atoms with E-state index in [2.05, 4.69) is 12.1 Å². The standard InChI is InChI=1S/C25H22N2O4/c28-25(29)14-11-19-10-13-24-23(15-19)20(12-9-18-5-2-1-3-6-18)17-26(24)21-7-4-8-22(16-21)27(30)31/h1-8,10,13,15-17H,9,11-12,14H2,(H,28,29). The molecule has 0 spiro atoms. The number of carboxylic acid groups (broad SMARTS) is 1. The van der Waals surface area contributed by atoms with Gasteiger partial charge in [0.25, 0.3) is 5.69 Å². The van der Waals surface area contributed by atoms with Gasteiger partial charge in [0.1, 0.15) is 0 Å². The Kier molecular flexibility index (Phi) is 5.80. The van der Waals surface area contributed by atoms with Crippen LogP contribution in [-0.2, 0) is 24.1 Å². The summed E-state index contributed by atoms with van der Waals surface area (Å²) in [7, 11) is 0. The van der Waals surface area contributed by atoms with Crippen molar-refractivity contribution in [3.63, 3.8) is 0 Å². The lowest BCUT2D eigenvalue weighted by molar-refractivity contribution is -0.384. The van der Waals surface area contributed by atoms with Crippen LogP contribution < -0.4 is 0 Å². The second-order valence-electron chi connectivity index (χ2n) is 7.53. The molecule has 0 aliphatic rings. The number of carboxylic acids is 1. The van der Waals surface area contributed by atoms with Crippen molar-refractivity contribution in [2.45, 2.75) is 25.7 Å². The second-order valence-corrected chi connectivity index (χ2v) is 7.53. The monoisotopic (exact) mass is 414 g/mol. The minimum Gasteiger partial charge on any atom is -0.481 e. The number of nitro groups is 1. The fourth-order valence-corrected chi connectivity index (χ4v) is 3.85. The first-order chi connectivity index (χ1) is 15.0. The number of aliphatic carboxylic acids is 1. The average Bonchev–Trinajstić information content (AvgIpc) is 3.15. The molecule has 31 heavy (non-hydrogen) atoms. The van der Waals surface area contributed by atoms with Crippen LogP contribution in [0.25, 0.3) is 16.6 Å². The van der Waals surface area contributed by atoms with Crippen molar-refractivity contribution in [2.75, 3.05) is 0 Å². The van der Waals surface area contributed by atoms with Crippen LogP contribution >= 0.6 is 0 Å². The van der Waals surface area contributed by atoms with E-state index in [1.54, 1.807) is 12.1 Å². The molecule has 0 radical (unpaired) electrons. The van der Waals surface area contributed by atoms with Crippen LogP contribution in [0.4, 0.5) is 5.69 Å². The van der Waals surface area contributed by atoms with Crippen LogP contribution in [0.15, 0.2) is 79.0 Å². The molecule has 4 aromatic rings. The van der Waals surface area contributed by atoms with Crippen LogP contribution in [0.2, 0.25) is 0 Å². The summed E-state index contributed by atoms with van der Waals surface area (Å²) in [6, 6.07) is 22.8. The van der Waals surface area contributed by atoms with Crippen LogP contribution in [0.5, 0.6) is 0 Å². The van der Waals surface area contributed by atoms with Crippen molar-refractivity contribution in [3.8, 4) is 5.69 Å². The highest BCUT2D eigenvalue weighted by atomic mass is 16.6. The predicted octanol–water partition coefficient (Wildman–Crippen LogP) is 5.34. The topological polar surface area (TPSA) is 85.4 Å². The fourth-order valence-electron chi connectivity index (χ4n) is 3.85. The number of nitro benzene ring substituents is 1. The maximum atomic E-state index is 11.2. The molecule has 4 rings (SSSR count). The number of aromatic nitrogens is 1. The largest absolute Gasteiger partial charge is 0.481 e. The molecule has 0 unspecified atom stereocenters. The lowest BCUT2D eigenvalue weighted by Gasteiger charge is -2.06. The van der Waals surface area contributed by atoms with E-state index in [0.29, 0.717) is 6.42 Å². The Morgan fingerprint density at radius 2 is 1.71 bits per heavy atom. The van der Waals surface area contributed by atoms with E-state index in [1.807, 2.05) is 53.2 Å². The molecule has 0 saturated carbocycles. The molecule has 1 N–H and O–H groups in total. The van der Waals surface area contributed by atoms with Gasteiger partial charge < -0.3 is 9.67 Å². The maximum absolute atomic E-state index is 11.2. The van der Waals surface area contributed by atoms with Gasteiger partial charge in [0, 0.05) is 30.1 Å². The molecule has 1 aromatic heterocycles. The second kappa shape index (κ2) is 8.83. The number of nitrogens with zero attached hydrogens (tertiary/aromatic N) is 2. The molecule has 0 aliphatic carbocycles. The van der Waals surface area contributed by atoms with E-state index >= 15 is 0 Å². The number of benzene rings is 3. The van der Waals surface area contributed by atoms with Gasteiger partial charge in [-0.3, -0.25) is 14.9 Å². The molecule has 0 saturated heterocycles. The molecule has 0 bridgehead atoms. The molecule has 156 valence electrons. The zero-order chi connectivity index (χ0) is 21.8. The number of rotatable bonds is 8. The normalized spacial score (nSPS) is 11.0. The summed E-state index contributed by atoms with van der Waals surface area (Å²) < 4.78 is 1.98. The summed E-state index contributed by atoms with van der Waals surface area (Å²) in [6.07, 6.45) is 4.26. The van der Waals surface area contributed by atoms with Gasteiger partial charge in [-0.1, -0.05) is 42.5 Å². The fraction of sp³-hybridized carbons (Fsp3) is 0.160. The van der Waals surface area contributed by atoms with E-state index in [-0.39, 0.29) is 12.1 Å². The van der Waals surface area contributed by atoms with Gasteiger partial charge in [0.05, 0.1) is 16.1 Å². The molecule has 6 nitrogen and oxygen atoms in total. The molecule has 3 aromatic carbocycles. The van der Waals surface area contributed by atoms with E-state index in [1.165, 1.54) is 11.6 Å². The molecule has 1 heterocycles.